The zero-order valence-corrected chi connectivity index (χ0v) is 13.1. The SMILES string of the molecule is CCNC(C)c1cccc(F)c1N(CC1CC1)C(C)C. The number of rotatable bonds is 7. The Morgan fingerprint density at radius 1 is 1.30 bits per heavy atom. The lowest BCUT2D eigenvalue weighted by Gasteiger charge is -2.33. The van der Waals surface area contributed by atoms with Gasteiger partial charge in [-0.1, -0.05) is 19.1 Å². The lowest BCUT2D eigenvalue weighted by molar-refractivity contribution is 0.559. The standard InChI is InChI=1S/C17H27FN2/c1-5-19-13(4)15-7-6-8-16(18)17(15)20(12(2)3)11-14-9-10-14/h6-8,12-14,19H,5,9-11H2,1-4H3. The summed E-state index contributed by atoms with van der Waals surface area (Å²) >= 11 is 0. The van der Waals surface area contributed by atoms with Crippen LogP contribution in [0.15, 0.2) is 18.2 Å². The first kappa shape index (κ1) is 15.3. The third-order valence-electron chi connectivity index (χ3n) is 4.06. The monoisotopic (exact) mass is 278 g/mol. The van der Waals surface area contributed by atoms with E-state index in [1.54, 1.807) is 6.07 Å². The summed E-state index contributed by atoms with van der Waals surface area (Å²) in [6.45, 7) is 10.4. The highest BCUT2D eigenvalue weighted by atomic mass is 19.1. The molecule has 1 saturated carbocycles. The molecule has 1 N–H and O–H groups in total. The fourth-order valence-electron chi connectivity index (χ4n) is 2.74. The third-order valence-corrected chi connectivity index (χ3v) is 4.06. The highest BCUT2D eigenvalue weighted by molar-refractivity contribution is 5.57. The van der Waals surface area contributed by atoms with E-state index in [1.165, 1.54) is 12.8 Å². The first-order chi connectivity index (χ1) is 9.54. The maximum atomic E-state index is 14.5. The molecule has 0 bridgehead atoms. The Balaban J connectivity index is 2.35. The molecule has 0 heterocycles. The van der Waals surface area contributed by atoms with Crippen molar-refractivity contribution in [3.05, 3.63) is 29.6 Å². The van der Waals surface area contributed by atoms with Crippen LogP contribution in [-0.2, 0) is 0 Å². The van der Waals surface area contributed by atoms with Crippen molar-refractivity contribution in [2.45, 2.75) is 52.6 Å². The first-order valence-electron chi connectivity index (χ1n) is 7.83. The van der Waals surface area contributed by atoms with Crippen LogP contribution in [0.3, 0.4) is 0 Å². The van der Waals surface area contributed by atoms with E-state index in [-0.39, 0.29) is 11.9 Å². The van der Waals surface area contributed by atoms with Crippen LogP contribution in [0.5, 0.6) is 0 Å². The van der Waals surface area contributed by atoms with Gasteiger partial charge in [0.2, 0.25) is 0 Å². The van der Waals surface area contributed by atoms with E-state index in [4.69, 9.17) is 0 Å². The van der Waals surface area contributed by atoms with Crippen molar-refractivity contribution < 1.29 is 4.39 Å². The van der Waals surface area contributed by atoms with Gasteiger partial charge in [0.1, 0.15) is 5.82 Å². The number of hydrogen-bond donors (Lipinski definition) is 1. The fourth-order valence-corrected chi connectivity index (χ4v) is 2.74. The minimum absolute atomic E-state index is 0.0957. The first-order valence-corrected chi connectivity index (χ1v) is 7.83. The summed E-state index contributed by atoms with van der Waals surface area (Å²) in [5.74, 6) is 0.654. The third kappa shape index (κ3) is 3.51. The average molecular weight is 278 g/mol. The average Bonchev–Trinajstić information content (AvgIpc) is 3.20. The molecule has 0 amide bonds. The predicted octanol–water partition coefficient (Wildman–Crippen LogP) is 4.12. The molecule has 1 atom stereocenters. The van der Waals surface area contributed by atoms with Gasteiger partial charge in [0.05, 0.1) is 5.69 Å². The van der Waals surface area contributed by atoms with Gasteiger partial charge in [0.15, 0.2) is 0 Å². The van der Waals surface area contributed by atoms with Gasteiger partial charge in [0, 0.05) is 18.6 Å². The molecule has 1 aromatic rings. The van der Waals surface area contributed by atoms with Crippen LogP contribution in [0.4, 0.5) is 10.1 Å². The van der Waals surface area contributed by atoms with Gasteiger partial charge in [-0.05, 0) is 57.7 Å². The van der Waals surface area contributed by atoms with Gasteiger partial charge >= 0.3 is 0 Å². The molecule has 1 fully saturated rings. The molecule has 1 unspecified atom stereocenters. The largest absolute Gasteiger partial charge is 0.366 e. The summed E-state index contributed by atoms with van der Waals surface area (Å²) in [7, 11) is 0. The smallest absolute Gasteiger partial charge is 0.146 e. The second kappa shape index (κ2) is 6.57. The number of halogens is 1. The Bertz CT molecular complexity index is 441. The van der Waals surface area contributed by atoms with E-state index in [9.17, 15) is 4.39 Å². The number of benzene rings is 1. The van der Waals surface area contributed by atoms with Crippen molar-refractivity contribution in [3.8, 4) is 0 Å². The molecule has 112 valence electrons. The molecule has 0 saturated heterocycles. The van der Waals surface area contributed by atoms with Crippen LogP contribution >= 0.6 is 0 Å². The summed E-state index contributed by atoms with van der Waals surface area (Å²) in [4.78, 5) is 2.25. The van der Waals surface area contributed by atoms with Crippen LogP contribution in [0.1, 0.15) is 52.1 Å². The van der Waals surface area contributed by atoms with Crippen LogP contribution in [-0.4, -0.2) is 19.1 Å². The Morgan fingerprint density at radius 3 is 2.55 bits per heavy atom. The quantitative estimate of drug-likeness (QED) is 0.807. The lowest BCUT2D eigenvalue weighted by Crippen LogP contribution is -2.35. The molecule has 0 aromatic heterocycles. The maximum Gasteiger partial charge on any atom is 0.146 e. The van der Waals surface area contributed by atoms with Crippen molar-refractivity contribution in [1.82, 2.24) is 5.32 Å². The van der Waals surface area contributed by atoms with Gasteiger partial charge in [-0.3, -0.25) is 0 Å². The van der Waals surface area contributed by atoms with Crippen LogP contribution < -0.4 is 10.2 Å². The molecule has 20 heavy (non-hydrogen) atoms. The van der Waals surface area contributed by atoms with E-state index in [1.807, 2.05) is 12.1 Å². The zero-order valence-electron chi connectivity index (χ0n) is 13.1. The summed E-state index contributed by atoms with van der Waals surface area (Å²) < 4.78 is 14.5. The van der Waals surface area contributed by atoms with Crippen LogP contribution in [0, 0.1) is 11.7 Å². The van der Waals surface area contributed by atoms with Crippen molar-refractivity contribution >= 4 is 5.69 Å². The van der Waals surface area contributed by atoms with Crippen molar-refractivity contribution in [2.24, 2.45) is 5.92 Å². The Hall–Kier alpha value is -1.09. The maximum absolute atomic E-state index is 14.5. The Labute approximate surface area is 122 Å². The number of para-hydroxylation sites is 1. The molecular weight excluding hydrogens is 251 g/mol. The summed E-state index contributed by atoms with van der Waals surface area (Å²) in [5, 5.41) is 3.40. The minimum atomic E-state index is -0.0957. The number of hydrogen-bond acceptors (Lipinski definition) is 2. The van der Waals surface area contributed by atoms with E-state index in [2.05, 4.69) is 37.9 Å². The fraction of sp³-hybridized carbons (Fsp3) is 0.647. The summed E-state index contributed by atoms with van der Waals surface area (Å²) in [6.07, 6.45) is 2.57. The normalized spacial score (nSPS) is 16.5. The predicted molar refractivity (Wildman–Crippen MR) is 83.7 cm³/mol. The number of nitrogens with one attached hydrogen (secondary N) is 1. The van der Waals surface area contributed by atoms with E-state index in [0.717, 1.165) is 30.3 Å². The van der Waals surface area contributed by atoms with Crippen LogP contribution in [0.25, 0.3) is 0 Å². The second-order valence-electron chi connectivity index (χ2n) is 6.15. The lowest BCUT2D eigenvalue weighted by atomic mass is 10.0. The summed E-state index contributed by atoms with van der Waals surface area (Å²) in [5.41, 5.74) is 1.86. The topological polar surface area (TPSA) is 15.3 Å². The van der Waals surface area contributed by atoms with E-state index < -0.39 is 0 Å². The molecule has 0 radical (unpaired) electrons. The molecule has 2 nitrogen and oxygen atoms in total. The summed E-state index contributed by atoms with van der Waals surface area (Å²) in [6, 6.07) is 5.94. The molecule has 3 heteroatoms. The van der Waals surface area contributed by atoms with Gasteiger partial charge < -0.3 is 10.2 Å². The van der Waals surface area contributed by atoms with Gasteiger partial charge in [0.25, 0.3) is 0 Å². The van der Waals surface area contributed by atoms with Gasteiger partial charge in [-0.25, -0.2) is 4.39 Å². The van der Waals surface area contributed by atoms with Crippen molar-refractivity contribution in [1.29, 1.82) is 0 Å². The second-order valence-corrected chi connectivity index (χ2v) is 6.15. The van der Waals surface area contributed by atoms with Crippen LogP contribution in [0.2, 0.25) is 0 Å². The molecule has 1 aromatic carbocycles. The molecule has 1 aliphatic rings. The molecule has 1 aliphatic carbocycles. The molecule has 2 rings (SSSR count). The van der Waals surface area contributed by atoms with Crippen molar-refractivity contribution in [3.63, 3.8) is 0 Å². The molecular formula is C17H27FN2. The van der Waals surface area contributed by atoms with Crippen molar-refractivity contribution in [2.75, 3.05) is 18.0 Å². The highest BCUT2D eigenvalue weighted by Crippen LogP contribution is 2.36. The Kier molecular flexibility index (Phi) is 5.03. The number of anilines is 1. The Morgan fingerprint density at radius 2 is 2.00 bits per heavy atom. The number of nitrogens with zero attached hydrogens (tertiary/aromatic N) is 1. The van der Waals surface area contributed by atoms with Gasteiger partial charge in [-0.2, -0.15) is 0 Å². The molecule has 0 aliphatic heterocycles. The minimum Gasteiger partial charge on any atom is -0.366 e. The van der Waals surface area contributed by atoms with E-state index in [0.29, 0.717) is 6.04 Å². The van der Waals surface area contributed by atoms with Gasteiger partial charge in [-0.15, -0.1) is 0 Å². The zero-order chi connectivity index (χ0) is 14.7. The van der Waals surface area contributed by atoms with E-state index >= 15 is 0 Å². The highest BCUT2D eigenvalue weighted by Gasteiger charge is 2.28. The molecule has 0 spiro atoms.